The van der Waals surface area contributed by atoms with Crippen molar-refractivity contribution in [1.82, 2.24) is 5.32 Å². The van der Waals surface area contributed by atoms with Crippen molar-refractivity contribution >= 4 is 17.5 Å². The van der Waals surface area contributed by atoms with E-state index in [0.717, 1.165) is 25.7 Å². The van der Waals surface area contributed by atoms with Crippen molar-refractivity contribution < 1.29 is 9.59 Å². The minimum absolute atomic E-state index is 0.143. The molecule has 1 fully saturated rings. The van der Waals surface area contributed by atoms with Crippen molar-refractivity contribution in [2.45, 2.75) is 51.1 Å². The zero-order chi connectivity index (χ0) is 15.2. The number of amides is 2. The fourth-order valence-corrected chi connectivity index (χ4v) is 2.06. The van der Waals surface area contributed by atoms with Crippen molar-refractivity contribution in [2.24, 2.45) is 5.73 Å². The van der Waals surface area contributed by atoms with Crippen LogP contribution in [0.2, 0.25) is 0 Å². The van der Waals surface area contributed by atoms with Gasteiger partial charge < -0.3 is 16.4 Å². The lowest BCUT2D eigenvalue weighted by Crippen LogP contribution is -2.36. The summed E-state index contributed by atoms with van der Waals surface area (Å²) in [5.41, 5.74) is 6.86. The van der Waals surface area contributed by atoms with E-state index >= 15 is 0 Å². The smallest absolute Gasteiger partial charge is 0.253 e. The Kier molecular flexibility index (Phi) is 5.33. The predicted octanol–water partition coefficient (Wildman–Crippen LogP) is 2.03. The highest BCUT2D eigenvalue weighted by Crippen LogP contribution is 2.21. The second kappa shape index (κ2) is 7.22. The highest BCUT2D eigenvalue weighted by Gasteiger charge is 2.25. The van der Waals surface area contributed by atoms with Gasteiger partial charge in [0, 0.05) is 6.04 Å². The van der Waals surface area contributed by atoms with Crippen molar-refractivity contribution in [1.29, 1.82) is 0 Å². The first-order valence-corrected chi connectivity index (χ1v) is 7.58. The quantitative estimate of drug-likeness (QED) is 0.718. The highest BCUT2D eigenvalue weighted by atomic mass is 16.2. The van der Waals surface area contributed by atoms with Crippen LogP contribution in [0, 0.1) is 0 Å². The fraction of sp³-hybridized carbons (Fsp3) is 0.500. The average Bonchev–Trinajstić information content (AvgIpc) is 3.29. The number of carbonyl (C=O) groups excluding carboxylic acids is 2. The van der Waals surface area contributed by atoms with Crippen LogP contribution in [0.3, 0.4) is 0 Å². The average molecular weight is 289 g/mol. The fourth-order valence-electron chi connectivity index (χ4n) is 2.06. The predicted molar refractivity (Wildman–Crippen MR) is 83.1 cm³/mol. The first kappa shape index (κ1) is 15.5. The zero-order valence-corrected chi connectivity index (χ0v) is 12.4. The Balaban J connectivity index is 2.01. The number of carbonyl (C=O) groups is 2. The van der Waals surface area contributed by atoms with E-state index in [1.807, 2.05) is 0 Å². The Hall–Kier alpha value is -1.88. The molecule has 2 rings (SSSR count). The van der Waals surface area contributed by atoms with E-state index in [4.69, 9.17) is 5.73 Å². The highest BCUT2D eigenvalue weighted by molar-refractivity contribution is 6.04. The van der Waals surface area contributed by atoms with Crippen molar-refractivity contribution in [2.75, 3.05) is 5.32 Å². The van der Waals surface area contributed by atoms with Gasteiger partial charge in [-0.1, -0.05) is 31.9 Å². The van der Waals surface area contributed by atoms with Gasteiger partial charge >= 0.3 is 0 Å². The summed E-state index contributed by atoms with van der Waals surface area (Å²) in [6.07, 6.45) is 4.63. The number of unbranched alkanes of at least 4 members (excludes halogenated alkanes) is 1. The van der Waals surface area contributed by atoms with E-state index in [1.165, 1.54) is 0 Å². The largest absolute Gasteiger partial charge is 0.349 e. The maximum Gasteiger partial charge on any atom is 0.253 e. The van der Waals surface area contributed by atoms with Gasteiger partial charge in [-0.05, 0) is 31.4 Å². The van der Waals surface area contributed by atoms with Crippen molar-refractivity contribution in [3.05, 3.63) is 29.8 Å². The molecule has 0 spiro atoms. The van der Waals surface area contributed by atoms with Crippen LogP contribution in [-0.4, -0.2) is 23.9 Å². The van der Waals surface area contributed by atoms with Crippen LogP contribution in [0.15, 0.2) is 24.3 Å². The van der Waals surface area contributed by atoms with Gasteiger partial charge in [-0.15, -0.1) is 0 Å². The molecule has 5 nitrogen and oxygen atoms in total. The van der Waals surface area contributed by atoms with Gasteiger partial charge in [-0.3, -0.25) is 9.59 Å². The molecule has 0 aliphatic heterocycles. The maximum absolute atomic E-state index is 12.1. The molecule has 1 aliphatic rings. The number of nitrogens with two attached hydrogens (primary N) is 1. The molecule has 114 valence electrons. The van der Waals surface area contributed by atoms with E-state index in [0.29, 0.717) is 17.7 Å². The molecule has 5 heteroatoms. The van der Waals surface area contributed by atoms with E-state index < -0.39 is 6.04 Å². The normalized spacial score (nSPS) is 15.3. The Bertz CT molecular complexity index is 512. The Morgan fingerprint density at radius 1 is 1.33 bits per heavy atom. The van der Waals surface area contributed by atoms with Gasteiger partial charge in [0.25, 0.3) is 5.91 Å². The van der Waals surface area contributed by atoms with Crippen LogP contribution in [0.25, 0.3) is 0 Å². The molecule has 1 aliphatic carbocycles. The second-order valence-electron chi connectivity index (χ2n) is 5.53. The molecule has 21 heavy (non-hydrogen) atoms. The van der Waals surface area contributed by atoms with Crippen LogP contribution >= 0.6 is 0 Å². The first-order valence-electron chi connectivity index (χ1n) is 7.58. The summed E-state index contributed by atoms with van der Waals surface area (Å²) < 4.78 is 0. The molecule has 4 N–H and O–H groups in total. The van der Waals surface area contributed by atoms with E-state index in [1.54, 1.807) is 24.3 Å². The van der Waals surface area contributed by atoms with E-state index in [9.17, 15) is 9.59 Å². The number of hydrogen-bond acceptors (Lipinski definition) is 3. The number of hydrogen-bond donors (Lipinski definition) is 3. The summed E-state index contributed by atoms with van der Waals surface area (Å²) in [5, 5.41) is 5.69. The van der Waals surface area contributed by atoms with Crippen LogP contribution in [0.4, 0.5) is 5.69 Å². The Morgan fingerprint density at radius 3 is 2.71 bits per heavy atom. The lowest BCUT2D eigenvalue weighted by molar-refractivity contribution is -0.117. The molecule has 1 atom stereocenters. The summed E-state index contributed by atoms with van der Waals surface area (Å²) in [4.78, 5) is 24.2. The van der Waals surface area contributed by atoms with Gasteiger partial charge in [0.2, 0.25) is 5.91 Å². The molecular formula is C16H23N3O2. The summed E-state index contributed by atoms with van der Waals surface area (Å²) in [7, 11) is 0. The van der Waals surface area contributed by atoms with Crippen LogP contribution < -0.4 is 16.4 Å². The third kappa shape index (κ3) is 4.56. The first-order chi connectivity index (χ1) is 10.1. The molecule has 0 aromatic heterocycles. The lowest BCUT2D eigenvalue weighted by atomic mass is 10.1. The molecule has 0 unspecified atom stereocenters. The number of benzene rings is 1. The Labute approximate surface area is 125 Å². The number of nitrogens with one attached hydrogen (secondary N) is 2. The molecule has 0 heterocycles. The van der Waals surface area contributed by atoms with E-state index in [-0.39, 0.29) is 17.9 Å². The molecule has 2 amide bonds. The lowest BCUT2D eigenvalue weighted by Gasteiger charge is -2.14. The molecule has 1 aromatic carbocycles. The Morgan fingerprint density at radius 2 is 2.05 bits per heavy atom. The maximum atomic E-state index is 12.1. The molecule has 1 aromatic rings. The van der Waals surface area contributed by atoms with Crippen LogP contribution in [0.5, 0.6) is 0 Å². The molecule has 0 saturated heterocycles. The number of rotatable bonds is 7. The summed E-state index contributed by atoms with van der Waals surface area (Å²) in [6.45, 7) is 2.06. The minimum Gasteiger partial charge on any atom is -0.349 e. The third-order valence-electron chi connectivity index (χ3n) is 3.55. The molecule has 0 bridgehead atoms. The SMILES string of the molecule is CCCC[C@H](N)C(=O)Nc1ccccc1C(=O)NC1CC1. The van der Waals surface area contributed by atoms with Crippen LogP contribution in [0.1, 0.15) is 49.4 Å². The van der Waals surface area contributed by atoms with Gasteiger partial charge in [-0.25, -0.2) is 0 Å². The van der Waals surface area contributed by atoms with Gasteiger partial charge in [0.15, 0.2) is 0 Å². The van der Waals surface area contributed by atoms with Gasteiger partial charge in [0.05, 0.1) is 17.3 Å². The molecule has 1 saturated carbocycles. The standard InChI is InChI=1S/C16H23N3O2/c1-2-3-7-13(17)16(21)19-14-8-5-4-6-12(14)15(20)18-11-9-10-11/h4-6,8,11,13H,2-3,7,9-10,17H2,1H3,(H,18,20)(H,19,21)/t13-/m0/s1. The summed E-state index contributed by atoms with van der Waals surface area (Å²) in [5.74, 6) is -0.384. The summed E-state index contributed by atoms with van der Waals surface area (Å²) in [6, 6.07) is 6.77. The topological polar surface area (TPSA) is 84.2 Å². The van der Waals surface area contributed by atoms with Crippen molar-refractivity contribution in [3.63, 3.8) is 0 Å². The van der Waals surface area contributed by atoms with E-state index in [2.05, 4.69) is 17.6 Å². The minimum atomic E-state index is -0.538. The summed E-state index contributed by atoms with van der Waals surface area (Å²) >= 11 is 0. The monoisotopic (exact) mass is 289 g/mol. The number of anilines is 1. The number of para-hydroxylation sites is 1. The second-order valence-corrected chi connectivity index (χ2v) is 5.53. The van der Waals surface area contributed by atoms with Gasteiger partial charge in [0.1, 0.15) is 0 Å². The van der Waals surface area contributed by atoms with Crippen LogP contribution in [-0.2, 0) is 4.79 Å². The third-order valence-corrected chi connectivity index (χ3v) is 3.55. The van der Waals surface area contributed by atoms with Gasteiger partial charge in [-0.2, -0.15) is 0 Å². The molecular weight excluding hydrogens is 266 g/mol. The zero-order valence-electron chi connectivity index (χ0n) is 12.4. The van der Waals surface area contributed by atoms with Crippen molar-refractivity contribution in [3.8, 4) is 0 Å². The molecule has 0 radical (unpaired) electrons.